The Morgan fingerprint density at radius 2 is 1.33 bits per heavy atom. The normalized spacial score (nSPS) is 29.9. The van der Waals surface area contributed by atoms with E-state index in [1.165, 1.54) is 4.90 Å². The van der Waals surface area contributed by atoms with Crippen LogP contribution in [0, 0.1) is 16.6 Å². The monoisotopic (exact) mass is 665 g/mol. The van der Waals surface area contributed by atoms with Gasteiger partial charge in [0, 0.05) is 17.5 Å². The van der Waals surface area contributed by atoms with Crippen LogP contribution in [0.25, 0.3) is 0 Å². The Bertz CT molecular complexity index is 1650. The molecule has 244 valence electrons. The molecule has 5 aliphatic rings. The molecule has 6 nitrogen and oxygen atoms in total. The number of hydrogen-bond donors (Lipinski definition) is 1. The van der Waals surface area contributed by atoms with E-state index in [0.717, 1.165) is 30.3 Å². The lowest BCUT2D eigenvalue weighted by atomic mass is 9.53. The highest BCUT2D eigenvalue weighted by Gasteiger charge is 2.74. The van der Waals surface area contributed by atoms with Gasteiger partial charge < -0.3 is 10.0 Å². The Morgan fingerprint density at radius 3 is 1.84 bits per heavy atom. The SMILES string of the molecule is O=C(O)C12CCC(C(=O)N3CCC4(S(=O)(=O)c5ccc(F)cc5)c5ccc(C(F)(C(F)(F)F)C(F)(F)F)cc5CC34)(CC1)CC2. The second-order valence-electron chi connectivity index (χ2n) is 12.7. The highest BCUT2D eigenvalue weighted by Crippen LogP contribution is 2.61. The number of amides is 1. The largest absolute Gasteiger partial charge is 0.481 e. The molecule has 2 aromatic rings. The summed E-state index contributed by atoms with van der Waals surface area (Å²) in [6.07, 6.45) is -12.2. The molecular formula is C30H27F8NO5S. The fourth-order valence-electron chi connectivity index (χ4n) is 8.19. The number of rotatable bonds is 5. The summed E-state index contributed by atoms with van der Waals surface area (Å²) in [5.74, 6) is -2.18. The number of hydrogen-bond acceptors (Lipinski definition) is 4. The molecule has 0 aromatic heterocycles. The van der Waals surface area contributed by atoms with Crippen molar-refractivity contribution in [3.63, 3.8) is 0 Å². The van der Waals surface area contributed by atoms with Crippen LogP contribution in [0.3, 0.4) is 0 Å². The predicted octanol–water partition coefficient (Wildman–Crippen LogP) is 6.37. The van der Waals surface area contributed by atoms with Gasteiger partial charge in [-0.15, -0.1) is 0 Å². The van der Waals surface area contributed by atoms with Crippen molar-refractivity contribution in [3.8, 4) is 0 Å². The first-order chi connectivity index (χ1) is 20.8. The van der Waals surface area contributed by atoms with Crippen molar-refractivity contribution in [3.05, 3.63) is 65.0 Å². The van der Waals surface area contributed by atoms with Gasteiger partial charge in [0.1, 0.15) is 10.6 Å². The number of likely N-dealkylation sites (tertiary alicyclic amines) is 1. The smallest absolute Gasteiger partial charge is 0.435 e. The number of carbonyl (C=O) groups is 2. The molecule has 2 unspecified atom stereocenters. The average molecular weight is 666 g/mol. The fourth-order valence-corrected chi connectivity index (χ4v) is 10.5. The van der Waals surface area contributed by atoms with E-state index in [0.29, 0.717) is 6.07 Å². The lowest BCUT2D eigenvalue weighted by molar-refractivity contribution is -0.348. The molecular weight excluding hydrogens is 638 g/mol. The van der Waals surface area contributed by atoms with E-state index in [-0.39, 0.29) is 73.6 Å². The lowest BCUT2D eigenvalue weighted by Gasteiger charge is -2.51. The van der Waals surface area contributed by atoms with Crippen LogP contribution in [0.15, 0.2) is 47.4 Å². The highest BCUT2D eigenvalue weighted by molar-refractivity contribution is 7.92. The summed E-state index contributed by atoms with van der Waals surface area (Å²) in [7, 11) is -4.58. The first-order valence-electron chi connectivity index (χ1n) is 14.3. The Hall–Kier alpha value is -3.23. The van der Waals surface area contributed by atoms with Crippen LogP contribution in [0.2, 0.25) is 0 Å². The number of benzene rings is 2. The first-order valence-corrected chi connectivity index (χ1v) is 15.8. The molecule has 1 heterocycles. The molecule has 4 aliphatic carbocycles. The maximum atomic E-state index is 15.1. The van der Waals surface area contributed by atoms with Gasteiger partial charge in [0.2, 0.25) is 5.91 Å². The molecule has 7 rings (SSSR count). The number of carboxylic acid groups (broad SMARTS) is 1. The van der Waals surface area contributed by atoms with Crippen LogP contribution in [0.5, 0.6) is 0 Å². The summed E-state index contributed by atoms with van der Waals surface area (Å²) in [4.78, 5) is 27.1. The van der Waals surface area contributed by atoms with E-state index in [1.807, 2.05) is 0 Å². The standard InChI is InChI=1S/C30H27F8NO5S/c31-19-2-4-20(5-3-19)45(43,44)27-13-14-39(23(40)25-7-10-26(11-8-25,12-9-25)24(41)42)22(27)16-17-15-18(1-6-21(17)27)28(32,29(33,34)35)30(36,37)38/h1-6,15,22H,7-14,16H2,(H,41,42). The van der Waals surface area contributed by atoms with Crippen molar-refractivity contribution in [2.75, 3.05) is 6.54 Å². The van der Waals surface area contributed by atoms with E-state index >= 15 is 4.39 Å². The van der Waals surface area contributed by atoms with Crippen molar-refractivity contribution < 1.29 is 58.2 Å². The molecule has 2 bridgehead atoms. The minimum absolute atomic E-state index is 0.116. The Labute approximate surface area is 252 Å². The average Bonchev–Trinajstić information content (AvgIpc) is 3.52. The summed E-state index contributed by atoms with van der Waals surface area (Å²) in [5.41, 5.74) is -9.92. The van der Waals surface area contributed by atoms with Gasteiger partial charge in [-0.05, 0) is 86.8 Å². The number of carbonyl (C=O) groups excluding carboxylic acids is 1. The van der Waals surface area contributed by atoms with Crippen molar-refractivity contribution in [2.45, 2.75) is 85.1 Å². The van der Waals surface area contributed by atoms with Gasteiger partial charge >= 0.3 is 24.0 Å². The van der Waals surface area contributed by atoms with Crippen molar-refractivity contribution in [1.82, 2.24) is 4.90 Å². The third-order valence-electron chi connectivity index (χ3n) is 10.8. The minimum Gasteiger partial charge on any atom is -0.481 e. The zero-order valence-electron chi connectivity index (χ0n) is 23.4. The van der Waals surface area contributed by atoms with Gasteiger partial charge in [-0.1, -0.05) is 18.2 Å². The molecule has 45 heavy (non-hydrogen) atoms. The second-order valence-corrected chi connectivity index (χ2v) is 14.9. The van der Waals surface area contributed by atoms with Crippen LogP contribution in [-0.2, 0) is 36.3 Å². The Balaban J connectivity index is 1.47. The summed E-state index contributed by atoms with van der Waals surface area (Å²) in [6.45, 7) is -0.116. The van der Waals surface area contributed by atoms with Crippen molar-refractivity contribution in [1.29, 1.82) is 0 Å². The van der Waals surface area contributed by atoms with E-state index in [1.54, 1.807) is 0 Å². The van der Waals surface area contributed by atoms with Crippen LogP contribution >= 0.6 is 0 Å². The topological polar surface area (TPSA) is 91.8 Å². The summed E-state index contributed by atoms with van der Waals surface area (Å²) in [5, 5.41) is 9.75. The van der Waals surface area contributed by atoms with Gasteiger partial charge in [0.25, 0.3) is 0 Å². The number of halogens is 8. The van der Waals surface area contributed by atoms with Gasteiger partial charge in [0.05, 0.1) is 16.4 Å². The Kier molecular flexibility index (Phi) is 6.80. The van der Waals surface area contributed by atoms with Crippen LogP contribution < -0.4 is 0 Å². The van der Waals surface area contributed by atoms with E-state index in [4.69, 9.17) is 0 Å². The number of nitrogens with zero attached hydrogens (tertiary/aromatic N) is 1. The molecule has 4 fully saturated rings. The highest BCUT2D eigenvalue weighted by atomic mass is 32.2. The number of aliphatic carboxylic acids is 1. The van der Waals surface area contributed by atoms with Crippen molar-refractivity contribution >= 4 is 21.7 Å². The van der Waals surface area contributed by atoms with Crippen molar-refractivity contribution in [2.24, 2.45) is 10.8 Å². The van der Waals surface area contributed by atoms with Crippen LogP contribution in [-0.4, -0.2) is 55.2 Å². The van der Waals surface area contributed by atoms with Crippen LogP contribution in [0.1, 0.15) is 61.6 Å². The van der Waals surface area contributed by atoms with Gasteiger partial charge in [-0.3, -0.25) is 9.59 Å². The molecule has 1 N–H and O–H groups in total. The molecule has 1 amide bonds. The van der Waals surface area contributed by atoms with E-state index in [9.17, 15) is 53.8 Å². The predicted molar refractivity (Wildman–Crippen MR) is 141 cm³/mol. The first kappa shape index (κ1) is 31.7. The fraction of sp³-hybridized carbons (Fsp3) is 0.533. The third-order valence-corrected chi connectivity index (χ3v) is 13.4. The second kappa shape index (κ2) is 9.64. The molecule has 1 saturated heterocycles. The van der Waals surface area contributed by atoms with E-state index in [2.05, 4.69) is 0 Å². The minimum atomic E-state index is -6.39. The maximum absolute atomic E-state index is 15.1. The molecule has 2 atom stereocenters. The number of fused-ring (bicyclic) bond motifs is 6. The third kappa shape index (κ3) is 4.13. The van der Waals surface area contributed by atoms with Gasteiger partial charge in [-0.25, -0.2) is 17.2 Å². The molecule has 1 aliphatic heterocycles. The lowest BCUT2D eigenvalue weighted by Crippen LogP contribution is -2.56. The quantitative estimate of drug-likeness (QED) is 0.296. The van der Waals surface area contributed by atoms with Crippen LogP contribution in [0.4, 0.5) is 35.1 Å². The molecule has 15 heteroatoms. The zero-order valence-corrected chi connectivity index (χ0v) is 24.3. The number of alkyl halides is 7. The summed E-state index contributed by atoms with van der Waals surface area (Å²) < 4.78 is 137. The maximum Gasteiger partial charge on any atom is 0.435 e. The van der Waals surface area contributed by atoms with Gasteiger partial charge in [-0.2, -0.15) is 26.3 Å². The summed E-state index contributed by atoms with van der Waals surface area (Å²) in [6, 6.07) is 3.87. The molecule has 2 aromatic carbocycles. The zero-order chi connectivity index (χ0) is 33.0. The van der Waals surface area contributed by atoms with Gasteiger partial charge in [0.15, 0.2) is 9.84 Å². The number of sulfone groups is 1. The summed E-state index contributed by atoms with van der Waals surface area (Å²) >= 11 is 0. The van der Waals surface area contributed by atoms with E-state index < -0.39 is 79.2 Å². The molecule has 3 saturated carbocycles. The number of carboxylic acids is 1. The Morgan fingerprint density at radius 1 is 0.800 bits per heavy atom. The molecule has 0 radical (unpaired) electrons. The molecule has 0 spiro atoms.